The highest BCUT2D eigenvalue weighted by Gasteiger charge is 2.39. The minimum absolute atomic E-state index is 0.00588. The van der Waals surface area contributed by atoms with Gasteiger partial charge in [-0.25, -0.2) is 9.50 Å². The summed E-state index contributed by atoms with van der Waals surface area (Å²) in [7, 11) is 0. The number of carbonyl (C=O) groups is 1. The van der Waals surface area contributed by atoms with Gasteiger partial charge in [0.15, 0.2) is 0 Å². The van der Waals surface area contributed by atoms with Gasteiger partial charge >= 0.3 is 0 Å². The lowest BCUT2D eigenvalue weighted by Gasteiger charge is -2.25. The zero-order valence-corrected chi connectivity index (χ0v) is 24.8. The second-order valence-electron chi connectivity index (χ2n) is 12.5. The maximum Gasteiger partial charge on any atom is 0.255 e. The molecule has 1 aliphatic heterocycles. The van der Waals surface area contributed by atoms with E-state index < -0.39 is 0 Å². The van der Waals surface area contributed by atoms with E-state index in [0.29, 0.717) is 18.0 Å². The highest BCUT2D eigenvalue weighted by atomic mass is 16.2. The summed E-state index contributed by atoms with van der Waals surface area (Å²) in [5, 5.41) is 14.6. The third kappa shape index (κ3) is 4.17. The first kappa shape index (κ1) is 26.2. The first-order valence-corrected chi connectivity index (χ1v) is 15.4. The number of nitrogens with two attached hydrogens (primary N) is 1. The van der Waals surface area contributed by atoms with Crippen molar-refractivity contribution < 1.29 is 4.79 Å². The highest BCUT2D eigenvalue weighted by molar-refractivity contribution is 5.96. The van der Waals surface area contributed by atoms with Crippen molar-refractivity contribution in [3.63, 3.8) is 0 Å². The minimum atomic E-state index is 0.00588. The van der Waals surface area contributed by atoms with Crippen LogP contribution in [0.3, 0.4) is 0 Å². The number of nitrogens with zero attached hydrogens (tertiary/aromatic N) is 6. The molecule has 6 aromatic rings. The number of aromatic amines is 1. The van der Waals surface area contributed by atoms with E-state index >= 15 is 0 Å². The van der Waals surface area contributed by atoms with Crippen molar-refractivity contribution in [1.82, 2.24) is 34.3 Å². The molecule has 1 saturated heterocycles. The standard InChI is InChI=1S/C34H36N8O/c1-4-28-31(35)19(2)16-41(28)34(43)23-11-13-29-20(3)32(39-42(29)18-23)30-14-22-10-12-26(37-33(22)40(30)17-21-8-9-21)24-6-5-7-27-25(24)15-36-38-27/h5-7,10-15,18-19,21,28,31H,4,8-9,16-17,35H2,1-3H3,(H,36,38)/t19?,28?,31-/m1/s1. The van der Waals surface area contributed by atoms with E-state index in [1.165, 1.54) is 12.8 Å². The van der Waals surface area contributed by atoms with Crippen LogP contribution in [0, 0.1) is 18.8 Å². The molecule has 1 saturated carbocycles. The summed E-state index contributed by atoms with van der Waals surface area (Å²) in [4.78, 5) is 20.8. The van der Waals surface area contributed by atoms with Gasteiger partial charge < -0.3 is 15.2 Å². The summed E-state index contributed by atoms with van der Waals surface area (Å²) in [6.07, 6.45) is 7.07. The number of nitrogens with one attached hydrogen (secondary N) is 1. The van der Waals surface area contributed by atoms with Gasteiger partial charge in [-0.1, -0.05) is 26.0 Å². The molecule has 1 aliphatic carbocycles. The van der Waals surface area contributed by atoms with Crippen LogP contribution in [0.25, 0.3) is 50.1 Å². The molecular weight excluding hydrogens is 536 g/mol. The third-order valence-corrected chi connectivity index (χ3v) is 9.67. The Morgan fingerprint density at radius 3 is 2.81 bits per heavy atom. The summed E-state index contributed by atoms with van der Waals surface area (Å²) >= 11 is 0. The van der Waals surface area contributed by atoms with Gasteiger partial charge in [-0.15, -0.1) is 0 Å². The number of amides is 1. The Balaban J connectivity index is 1.22. The van der Waals surface area contributed by atoms with Gasteiger partial charge in [0, 0.05) is 53.3 Å². The van der Waals surface area contributed by atoms with E-state index in [9.17, 15) is 4.79 Å². The van der Waals surface area contributed by atoms with Gasteiger partial charge in [-0.3, -0.25) is 9.89 Å². The molecule has 2 aliphatic rings. The van der Waals surface area contributed by atoms with E-state index in [1.807, 2.05) is 46.1 Å². The van der Waals surface area contributed by atoms with Gasteiger partial charge in [0.25, 0.3) is 5.91 Å². The van der Waals surface area contributed by atoms with Crippen molar-refractivity contribution in [1.29, 1.82) is 0 Å². The van der Waals surface area contributed by atoms with E-state index in [-0.39, 0.29) is 23.9 Å². The van der Waals surface area contributed by atoms with Crippen molar-refractivity contribution in [2.45, 2.75) is 58.7 Å². The average Bonchev–Trinajstić information content (AvgIpc) is 3.31. The smallest absolute Gasteiger partial charge is 0.255 e. The Hall–Kier alpha value is -4.50. The fourth-order valence-electron chi connectivity index (χ4n) is 7.00. The Morgan fingerprint density at radius 1 is 1.14 bits per heavy atom. The van der Waals surface area contributed by atoms with E-state index in [2.05, 4.69) is 59.8 Å². The zero-order chi connectivity index (χ0) is 29.4. The molecular formula is C34H36N8O. The second kappa shape index (κ2) is 9.77. The number of hydrogen-bond acceptors (Lipinski definition) is 5. The molecule has 3 atom stereocenters. The SMILES string of the molecule is CCC1[C@H](N)C(C)CN1C(=O)c1ccc2c(C)c(-c3cc4ccc(-c5cccc6[nH]ncc56)nc4n3CC3CC3)nn2c1. The maximum absolute atomic E-state index is 13.6. The molecule has 0 bridgehead atoms. The molecule has 8 rings (SSSR count). The Morgan fingerprint density at radius 2 is 2.00 bits per heavy atom. The van der Waals surface area contributed by atoms with Crippen LogP contribution < -0.4 is 5.73 Å². The molecule has 2 fully saturated rings. The van der Waals surface area contributed by atoms with Gasteiger partial charge in [0.05, 0.1) is 34.2 Å². The van der Waals surface area contributed by atoms with Crippen LogP contribution in [0.2, 0.25) is 0 Å². The van der Waals surface area contributed by atoms with Crippen LogP contribution in [-0.2, 0) is 6.54 Å². The lowest BCUT2D eigenvalue weighted by atomic mass is 10.0. The quantitative estimate of drug-likeness (QED) is 0.262. The van der Waals surface area contributed by atoms with Crippen LogP contribution in [0.5, 0.6) is 0 Å². The van der Waals surface area contributed by atoms with E-state index in [0.717, 1.165) is 68.6 Å². The molecule has 6 heterocycles. The summed E-state index contributed by atoms with van der Waals surface area (Å²) in [5.74, 6) is 0.959. The van der Waals surface area contributed by atoms with Gasteiger partial charge in [-0.05, 0) is 74.4 Å². The number of rotatable bonds is 6. The number of carbonyl (C=O) groups excluding carboxylic acids is 1. The second-order valence-corrected chi connectivity index (χ2v) is 12.5. The minimum Gasteiger partial charge on any atom is -0.334 e. The first-order valence-electron chi connectivity index (χ1n) is 15.4. The summed E-state index contributed by atoms with van der Waals surface area (Å²) in [5.41, 5.74) is 15.1. The first-order chi connectivity index (χ1) is 20.9. The molecule has 9 heteroatoms. The molecule has 0 radical (unpaired) electrons. The van der Waals surface area contributed by atoms with Gasteiger partial charge in [0.1, 0.15) is 11.3 Å². The zero-order valence-electron chi connectivity index (χ0n) is 24.8. The monoisotopic (exact) mass is 572 g/mol. The van der Waals surface area contributed by atoms with Crippen molar-refractivity contribution in [2.24, 2.45) is 17.6 Å². The number of pyridine rings is 2. The van der Waals surface area contributed by atoms with E-state index in [4.69, 9.17) is 15.8 Å². The fourth-order valence-corrected chi connectivity index (χ4v) is 7.00. The van der Waals surface area contributed by atoms with Gasteiger partial charge in [-0.2, -0.15) is 10.2 Å². The highest BCUT2D eigenvalue weighted by Crippen LogP contribution is 2.38. The van der Waals surface area contributed by atoms with Crippen LogP contribution in [-0.4, -0.2) is 58.8 Å². The summed E-state index contributed by atoms with van der Waals surface area (Å²) in [6, 6.07) is 16.7. The number of aryl methyl sites for hydroxylation is 1. The van der Waals surface area contributed by atoms with E-state index in [1.54, 1.807) is 0 Å². The molecule has 5 aromatic heterocycles. The normalized spacial score (nSPS) is 20.7. The molecule has 43 heavy (non-hydrogen) atoms. The van der Waals surface area contributed by atoms with Gasteiger partial charge in [0.2, 0.25) is 0 Å². The molecule has 9 nitrogen and oxygen atoms in total. The topological polar surface area (TPSA) is 110 Å². The number of hydrogen-bond donors (Lipinski definition) is 2. The largest absolute Gasteiger partial charge is 0.334 e. The predicted octanol–water partition coefficient (Wildman–Crippen LogP) is 5.81. The molecule has 0 spiro atoms. The maximum atomic E-state index is 13.6. The summed E-state index contributed by atoms with van der Waals surface area (Å²) in [6.45, 7) is 7.94. The molecule has 1 amide bonds. The lowest BCUT2D eigenvalue weighted by molar-refractivity contribution is 0.0724. The third-order valence-electron chi connectivity index (χ3n) is 9.67. The Kier molecular flexibility index (Phi) is 5.94. The van der Waals surface area contributed by atoms with Crippen LogP contribution >= 0.6 is 0 Å². The summed E-state index contributed by atoms with van der Waals surface area (Å²) < 4.78 is 4.22. The molecule has 2 unspecified atom stereocenters. The van der Waals surface area contributed by atoms with Crippen molar-refractivity contribution in [3.8, 4) is 22.6 Å². The Labute approximate surface area is 249 Å². The van der Waals surface area contributed by atoms with Crippen LogP contribution in [0.1, 0.15) is 49.0 Å². The number of fused-ring (bicyclic) bond motifs is 3. The number of benzene rings is 1. The number of likely N-dealkylation sites (tertiary alicyclic amines) is 1. The lowest BCUT2D eigenvalue weighted by Crippen LogP contribution is -2.42. The Bertz CT molecular complexity index is 2030. The average molecular weight is 573 g/mol. The van der Waals surface area contributed by atoms with Crippen LogP contribution in [0.15, 0.2) is 60.9 Å². The number of aromatic nitrogens is 6. The molecule has 1 aromatic carbocycles. The molecule has 218 valence electrons. The van der Waals surface area contributed by atoms with Crippen LogP contribution in [0.4, 0.5) is 0 Å². The van der Waals surface area contributed by atoms with Crippen molar-refractivity contribution in [2.75, 3.05) is 6.54 Å². The van der Waals surface area contributed by atoms with Crippen molar-refractivity contribution in [3.05, 3.63) is 72.1 Å². The fraction of sp³-hybridized carbons (Fsp3) is 0.353. The van der Waals surface area contributed by atoms with Crippen molar-refractivity contribution >= 4 is 33.4 Å². The number of H-pyrrole nitrogens is 1. The predicted molar refractivity (Wildman–Crippen MR) is 169 cm³/mol. The molecule has 3 N–H and O–H groups in total.